The summed E-state index contributed by atoms with van der Waals surface area (Å²) >= 11 is 0. The molecule has 1 aromatic carbocycles. The Balaban J connectivity index is 0.000000194. The molecule has 11 heteroatoms. The van der Waals surface area contributed by atoms with Crippen LogP contribution in [0.2, 0.25) is 0 Å². The normalized spacial score (nSPS) is 10.2. The zero-order chi connectivity index (χ0) is 34.1. The summed E-state index contributed by atoms with van der Waals surface area (Å²) in [7, 11) is 1.63. The molecule has 2 N–H and O–H groups in total. The maximum absolute atomic E-state index is 5.32. The monoisotopic (exact) mass is 823 g/mol. The summed E-state index contributed by atoms with van der Waals surface area (Å²) in [4.78, 5) is 12.9. The molecule has 251 valence electrons. The van der Waals surface area contributed by atoms with E-state index in [4.69, 9.17) is 15.2 Å². The molecule has 0 saturated carbocycles. The molecule has 0 unspecified atom stereocenters. The Morgan fingerprint density at radius 1 is 0.667 bits per heavy atom. The molecule has 10 nitrogen and oxygen atoms in total. The summed E-state index contributed by atoms with van der Waals surface area (Å²) in [5, 5.41) is 8.95. The number of methoxy groups -OCH3 is 1. The molecule has 0 atom stereocenters. The van der Waals surface area contributed by atoms with Crippen LogP contribution in [0.15, 0.2) is 73.2 Å². The van der Waals surface area contributed by atoms with Crippen LogP contribution in [0.25, 0.3) is 22.9 Å². The number of hydrogen-bond donors (Lipinski definition) is 1. The third kappa shape index (κ3) is 9.43. The smallest absolute Gasteiger partial charge is 0.516 e. The molecule has 0 aliphatic heterocycles. The van der Waals surface area contributed by atoms with Crippen LogP contribution in [0.1, 0.15) is 45.0 Å². The number of ether oxygens (including phenoxy) is 2. The molecule has 0 amide bonds. The van der Waals surface area contributed by atoms with Crippen LogP contribution < -0.4 is 15.2 Å². The van der Waals surface area contributed by atoms with E-state index >= 15 is 0 Å². The largest absolute Gasteiger partial charge is 1.00 e. The fourth-order valence-corrected chi connectivity index (χ4v) is 4.62. The maximum atomic E-state index is 5.32. The van der Waals surface area contributed by atoms with Gasteiger partial charge in [0.15, 0.2) is 11.6 Å². The standard InChI is InChI=1S/C13H13N2O2.2C12H15N3.Os/c1-16-11-4-2-3-10(7-11)13-8-12(17-9-14)5-6-15-13;2*1-8-5-6-13-12(7-8)15-11(4)9(2)10(3)14-15;/h2,4-8H,9,14H2,1H3;2*5-7H,1-4H3;/q-1;;;+1. The summed E-state index contributed by atoms with van der Waals surface area (Å²) in [6.45, 7) is 16.6. The first-order valence-corrected chi connectivity index (χ1v) is 15.3. The third-order valence-electron chi connectivity index (χ3n) is 7.81. The molecule has 0 fully saturated rings. The van der Waals surface area contributed by atoms with Gasteiger partial charge in [-0.25, -0.2) is 19.3 Å². The predicted molar refractivity (Wildman–Crippen MR) is 185 cm³/mol. The van der Waals surface area contributed by atoms with Crippen molar-refractivity contribution < 1.29 is 29.3 Å². The molecule has 0 aliphatic rings. The van der Waals surface area contributed by atoms with Gasteiger partial charge in [0.1, 0.15) is 12.5 Å². The number of aromatic nitrogens is 7. The zero-order valence-electron chi connectivity index (χ0n) is 29.0. The summed E-state index contributed by atoms with van der Waals surface area (Å²) in [6, 6.07) is 20.2. The van der Waals surface area contributed by atoms with E-state index in [1.54, 1.807) is 25.4 Å². The Morgan fingerprint density at radius 3 is 1.62 bits per heavy atom. The second kappa shape index (κ2) is 17.4. The van der Waals surface area contributed by atoms with Crippen molar-refractivity contribution in [2.75, 3.05) is 13.8 Å². The van der Waals surface area contributed by atoms with Crippen LogP contribution in [0.3, 0.4) is 0 Å². The Bertz CT molecular complexity index is 1860. The number of pyridine rings is 3. The van der Waals surface area contributed by atoms with Gasteiger partial charge in [-0.2, -0.15) is 10.2 Å². The first-order chi connectivity index (χ1) is 22.5. The molecular weight excluding hydrogens is 779 g/mol. The van der Waals surface area contributed by atoms with E-state index in [0.717, 1.165) is 51.4 Å². The van der Waals surface area contributed by atoms with Gasteiger partial charge in [-0.15, -0.1) is 29.8 Å². The van der Waals surface area contributed by atoms with E-state index < -0.39 is 0 Å². The van der Waals surface area contributed by atoms with Gasteiger partial charge in [0.05, 0.1) is 18.5 Å². The van der Waals surface area contributed by atoms with Crippen molar-refractivity contribution in [3.05, 3.63) is 124 Å². The number of nitrogens with zero attached hydrogens (tertiary/aromatic N) is 7. The van der Waals surface area contributed by atoms with Gasteiger partial charge in [-0.1, -0.05) is 0 Å². The van der Waals surface area contributed by atoms with Crippen molar-refractivity contribution >= 4 is 0 Å². The van der Waals surface area contributed by atoms with Gasteiger partial charge in [0.2, 0.25) is 0 Å². The second-order valence-electron chi connectivity index (χ2n) is 11.1. The van der Waals surface area contributed by atoms with Crippen molar-refractivity contribution in [1.29, 1.82) is 0 Å². The van der Waals surface area contributed by atoms with Crippen LogP contribution >= 0.6 is 0 Å². The number of hydrogen-bond acceptors (Lipinski definition) is 8. The molecule has 5 aromatic heterocycles. The zero-order valence-corrected chi connectivity index (χ0v) is 31.6. The average molecular weight is 822 g/mol. The van der Waals surface area contributed by atoms with Crippen molar-refractivity contribution in [2.24, 2.45) is 5.73 Å². The van der Waals surface area contributed by atoms with Crippen LogP contribution in [-0.4, -0.2) is 48.4 Å². The van der Waals surface area contributed by atoms with Crippen molar-refractivity contribution in [1.82, 2.24) is 34.5 Å². The fourth-order valence-electron chi connectivity index (χ4n) is 4.62. The second-order valence-corrected chi connectivity index (χ2v) is 11.1. The minimum atomic E-state index is 0. The molecule has 5 heterocycles. The number of nitrogens with two attached hydrogens (primary N) is 1. The Morgan fingerprint density at radius 2 is 1.19 bits per heavy atom. The maximum Gasteiger partial charge on any atom is 1.00 e. The first-order valence-electron chi connectivity index (χ1n) is 15.3. The van der Waals surface area contributed by atoms with Crippen LogP contribution in [0.5, 0.6) is 11.5 Å². The van der Waals surface area contributed by atoms with Gasteiger partial charge in [-0.05, 0) is 120 Å². The molecular formula is C37H43N8O2Os. The van der Waals surface area contributed by atoms with Crippen LogP contribution in [-0.2, 0) is 19.8 Å². The van der Waals surface area contributed by atoms with E-state index in [0.29, 0.717) is 5.75 Å². The predicted octanol–water partition coefficient (Wildman–Crippen LogP) is 6.85. The minimum absolute atomic E-state index is 0. The Kier molecular flexibility index (Phi) is 13.7. The van der Waals surface area contributed by atoms with Gasteiger partial charge in [0.25, 0.3) is 0 Å². The first kappa shape index (κ1) is 37.7. The van der Waals surface area contributed by atoms with Gasteiger partial charge < -0.3 is 14.5 Å². The van der Waals surface area contributed by atoms with Crippen molar-refractivity contribution in [3.63, 3.8) is 0 Å². The van der Waals surface area contributed by atoms with Crippen LogP contribution in [0.4, 0.5) is 0 Å². The quantitative estimate of drug-likeness (QED) is 0.143. The summed E-state index contributed by atoms with van der Waals surface area (Å²) in [6.07, 6.45) is 5.31. The summed E-state index contributed by atoms with van der Waals surface area (Å²) < 4.78 is 14.2. The molecule has 6 rings (SSSR count). The molecule has 48 heavy (non-hydrogen) atoms. The Hall–Kier alpha value is -4.71. The van der Waals surface area contributed by atoms with E-state index in [1.807, 2.05) is 78.1 Å². The summed E-state index contributed by atoms with van der Waals surface area (Å²) in [5.41, 5.74) is 16.3. The average Bonchev–Trinajstić information content (AvgIpc) is 3.49. The number of aryl methyl sites for hydroxylation is 4. The van der Waals surface area contributed by atoms with Gasteiger partial charge in [0, 0.05) is 35.7 Å². The third-order valence-corrected chi connectivity index (χ3v) is 7.81. The molecule has 1 radical (unpaired) electrons. The van der Waals surface area contributed by atoms with E-state index in [1.165, 1.54) is 22.3 Å². The Labute approximate surface area is 296 Å². The van der Waals surface area contributed by atoms with E-state index in [-0.39, 0.29) is 26.5 Å². The number of rotatable bonds is 6. The topological polar surface area (TPSA) is 119 Å². The number of benzene rings is 1. The molecule has 0 bridgehead atoms. The molecule has 6 aromatic rings. The van der Waals surface area contributed by atoms with E-state index in [2.05, 4.69) is 72.8 Å². The van der Waals surface area contributed by atoms with Crippen LogP contribution in [0, 0.1) is 61.5 Å². The summed E-state index contributed by atoms with van der Waals surface area (Å²) in [5.74, 6) is 3.24. The van der Waals surface area contributed by atoms with Crippen molar-refractivity contribution in [2.45, 2.75) is 55.4 Å². The fraction of sp³-hybridized carbons (Fsp3) is 0.270. The van der Waals surface area contributed by atoms with E-state index in [9.17, 15) is 0 Å². The SMILES string of the molecule is COc1cc[c-]c(-c2cc(OCN)ccn2)c1.Cc1ccnc(-n2nc(C)c(C)c2C)c1.Cc1ccnc(-n2nc(C)c(C)c2C)c1.[Os+]. The van der Waals surface area contributed by atoms with Crippen molar-refractivity contribution in [3.8, 4) is 34.4 Å². The molecule has 0 saturated heterocycles. The van der Waals surface area contributed by atoms with Gasteiger partial charge in [-0.3, -0.25) is 5.73 Å². The van der Waals surface area contributed by atoms with Gasteiger partial charge >= 0.3 is 19.8 Å². The molecule has 0 spiro atoms. The molecule has 0 aliphatic carbocycles. The minimum Gasteiger partial charge on any atom is -0.516 e.